The number of anilines is 1. The molecule has 1 fully saturated rings. The van der Waals surface area contributed by atoms with Crippen molar-refractivity contribution < 1.29 is 18.4 Å². The molecule has 2 amide bonds. The lowest BCUT2D eigenvalue weighted by atomic mass is 9.79. The number of hydrazone groups is 1. The zero-order chi connectivity index (χ0) is 23.5. The Morgan fingerprint density at radius 1 is 1.15 bits per heavy atom. The molecule has 3 heterocycles. The second-order valence-corrected chi connectivity index (χ2v) is 9.41. The number of rotatable bonds is 6. The molecule has 34 heavy (non-hydrogen) atoms. The minimum atomic E-state index is -0.249. The molecular formula is C26H25N3O4S. The van der Waals surface area contributed by atoms with E-state index in [0.717, 1.165) is 52.7 Å². The normalized spacial score (nSPS) is 20.8. The molecule has 7 nitrogen and oxygen atoms in total. The number of carbonyl (C=O) groups is 2. The van der Waals surface area contributed by atoms with Gasteiger partial charge in [0.15, 0.2) is 0 Å². The van der Waals surface area contributed by atoms with Crippen LogP contribution in [0.4, 0.5) is 5.69 Å². The summed E-state index contributed by atoms with van der Waals surface area (Å²) in [6.07, 6.45) is 8.20. The van der Waals surface area contributed by atoms with E-state index in [1.165, 1.54) is 18.7 Å². The second kappa shape index (κ2) is 9.77. The third-order valence-corrected chi connectivity index (χ3v) is 6.99. The monoisotopic (exact) mass is 475 g/mol. The average Bonchev–Trinajstić information content (AvgIpc) is 3.59. The molecule has 0 saturated heterocycles. The van der Waals surface area contributed by atoms with Crippen LogP contribution in [-0.2, 0) is 9.59 Å². The number of amides is 2. The second-order valence-electron chi connectivity index (χ2n) is 8.36. The lowest BCUT2D eigenvalue weighted by molar-refractivity contribution is -0.131. The maximum Gasteiger partial charge on any atom is 0.253 e. The molecule has 2 aliphatic rings. The van der Waals surface area contributed by atoms with E-state index in [-0.39, 0.29) is 29.5 Å². The Balaban J connectivity index is 1.36. The van der Waals surface area contributed by atoms with Gasteiger partial charge in [0.25, 0.3) is 5.91 Å². The quantitative estimate of drug-likeness (QED) is 0.459. The number of furan rings is 2. The zero-order valence-corrected chi connectivity index (χ0v) is 19.6. The van der Waals surface area contributed by atoms with Gasteiger partial charge >= 0.3 is 0 Å². The van der Waals surface area contributed by atoms with Gasteiger partial charge in [0.05, 0.1) is 24.0 Å². The number of hydrogen-bond acceptors (Lipinski definition) is 6. The van der Waals surface area contributed by atoms with E-state index in [1.807, 2.05) is 54.6 Å². The molecule has 5 rings (SSSR count). The molecule has 0 radical (unpaired) electrons. The number of benzene rings is 1. The van der Waals surface area contributed by atoms with E-state index in [9.17, 15) is 9.59 Å². The highest BCUT2D eigenvalue weighted by Crippen LogP contribution is 2.44. The molecule has 1 N–H and O–H groups in total. The highest BCUT2D eigenvalue weighted by molar-refractivity contribution is 8.00. The van der Waals surface area contributed by atoms with Crippen LogP contribution in [0.15, 0.2) is 85.5 Å². The number of nitrogens with one attached hydrogen (secondary N) is 1. The minimum absolute atomic E-state index is 0.0726. The number of carbonyl (C=O) groups excluding carboxylic acids is 2. The molecule has 174 valence electrons. The molecule has 1 aliphatic carbocycles. The van der Waals surface area contributed by atoms with Gasteiger partial charge in [0.1, 0.15) is 17.6 Å². The van der Waals surface area contributed by atoms with Crippen molar-refractivity contribution in [2.45, 2.75) is 37.1 Å². The molecule has 1 aliphatic heterocycles. The number of allylic oxidation sites excluding steroid dienone is 1. The van der Waals surface area contributed by atoms with Crippen LogP contribution in [0.5, 0.6) is 0 Å². The molecular weight excluding hydrogens is 450 g/mol. The first kappa shape index (κ1) is 22.3. The highest BCUT2D eigenvalue weighted by Gasteiger charge is 2.45. The van der Waals surface area contributed by atoms with Gasteiger partial charge in [-0.25, -0.2) is 5.01 Å². The largest absolute Gasteiger partial charge is 0.467 e. The third-order valence-electron chi connectivity index (χ3n) is 5.99. The van der Waals surface area contributed by atoms with Gasteiger partial charge in [-0.15, -0.1) is 11.8 Å². The summed E-state index contributed by atoms with van der Waals surface area (Å²) in [5.74, 6) is 1.69. The molecule has 0 bridgehead atoms. The van der Waals surface area contributed by atoms with E-state index in [1.54, 1.807) is 17.5 Å². The molecule has 0 spiro atoms. The molecule has 8 heteroatoms. The van der Waals surface area contributed by atoms with Crippen molar-refractivity contribution >= 4 is 41.1 Å². The van der Waals surface area contributed by atoms with Crippen molar-refractivity contribution in [3.63, 3.8) is 0 Å². The number of fused-ring (bicyclic) bond motifs is 1. The van der Waals surface area contributed by atoms with Gasteiger partial charge in [-0.1, -0.05) is 0 Å². The first-order chi connectivity index (χ1) is 16.6. The van der Waals surface area contributed by atoms with Crippen molar-refractivity contribution in [3.05, 3.63) is 78.2 Å². The van der Waals surface area contributed by atoms with Gasteiger partial charge in [0.2, 0.25) is 5.91 Å². The van der Waals surface area contributed by atoms with Crippen molar-refractivity contribution in [1.82, 2.24) is 5.01 Å². The van der Waals surface area contributed by atoms with Gasteiger partial charge in [-0.3, -0.25) is 9.59 Å². The van der Waals surface area contributed by atoms with Gasteiger partial charge in [0, 0.05) is 23.4 Å². The van der Waals surface area contributed by atoms with Gasteiger partial charge in [-0.05, 0) is 79.4 Å². The molecule has 1 saturated carbocycles. The summed E-state index contributed by atoms with van der Waals surface area (Å²) < 4.78 is 11.3. The minimum Gasteiger partial charge on any atom is -0.467 e. The molecule has 0 unspecified atom stereocenters. The summed E-state index contributed by atoms with van der Waals surface area (Å²) >= 11 is 1.45. The maximum absolute atomic E-state index is 13.4. The Kier molecular flexibility index (Phi) is 6.40. The Hall–Kier alpha value is -3.52. The maximum atomic E-state index is 13.4. The van der Waals surface area contributed by atoms with Crippen LogP contribution in [0, 0.1) is 5.92 Å². The van der Waals surface area contributed by atoms with Crippen LogP contribution in [0.1, 0.15) is 43.7 Å². The highest BCUT2D eigenvalue weighted by atomic mass is 32.2. The Morgan fingerprint density at radius 2 is 1.94 bits per heavy atom. The standard InChI is InChI=1S/C26H25N3O4S/c1-17(30)27-19-9-11-21(12-10-19)34-16-24(31)29-26(23-8-4-14-33-23)22-7-2-5-18(25(22)28-29)15-20-6-3-13-32-20/h3-4,6,8-15,22,26H,2,5,7,16H2,1H3,(H,27,30)/b18-15-/t22-,26+/m1/s1. The fourth-order valence-corrected chi connectivity index (χ4v) is 5.29. The van der Waals surface area contributed by atoms with Crippen LogP contribution in [0.25, 0.3) is 6.08 Å². The lowest BCUT2D eigenvalue weighted by Gasteiger charge is -2.27. The Bertz CT molecular complexity index is 1210. The Morgan fingerprint density at radius 3 is 2.65 bits per heavy atom. The summed E-state index contributed by atoms with van der Waals surface area (Å²) in [5.41, 5.74) is 2.79. The third kappa shape index (κ3) is 4.72. The molecule has 3 aromatic rings. The smallest absolute Gasteiger partial charge is 0.253 e. The number of thioether (sulfide) groups is 1. The van der Waals surface area contributed by atoms with Crippen molar-refractivity contribution in [1.29, 1.82) is 0 Å². The summed E-state index contributed by atoms with van der Waals surface area (Å²) in [4.78, 5) is 25.5. The van der Waals surface area contributed by atoms with Gasteiger partial charge in [-0.2, -0.15) is 5.10 Å². The fraction of sp³-hybridized carbons (Fsp3) is 0.269. The number of hydrogen-bond donors (Lipinski definition) is 1. The number of nitrogens with zero attached hydrogens (tertiary/aromatic N) is 2. The topological polar surface area (TPSA) is 88.0 Å². The first-order valence-corrected chi connectivity index (χ1v) is 12.3. The molecule has 1 aromatic carbocycles. The Labute approximate surface area is 201 Å². The molecule has 2 aromatic heterocycles. The first-order valence-electron chi connectivity index (χ1n) is 11.3. The summed E-state index contributed by atoms with van der Waals surface area (Å²) in [6.45, 7) is 1.47. The van der Waals surface area contributed by atoms with Crippen molar-refractivity contribution in [2.75, 3.05) is 11.1 Å². The van der Waals surface area contributed by atoms with E-state index in [2.05, 4.69) is 5.32 Å². The predicted molar refractivity (Wildman–Crippen MR) is 131 cm³/mol. The van der Waals surface area contributed by atoms with E-state index >= 15 is 0 Å². The van der Waals surface area contributed by atoms with E-state index < -0.39 is 0 Å². The van der Waals surface area contributed by atoms with Crippen LogP contribution >= 0.6 is 11.8 Å². The summed E-state index contributed by atoms with van der Waals surface area (Å²) in [7, 11) is 0. The van der Waals surface area contributed by atoms with Crippen LogP contribution in [-0.4, -0.2) is 28.3 Å². The van der Waals surface area contributed by atoms with Crippen LogP contribution < -0.4 is 5.32 Å². The SMILES string of the molecule is CC(=O)Nc1ccc(SCC(=O)N2N=C3/C(=C\c4ccco4)CCC[C@H]3[C@H]2c2ccco2)cc1. The summed E-state index contributed by atoms with van der Waals surface area (Å²) in [6, 6.07) is 14.8. The fourth-order valence-electron chi connectivity index (χ4n) is 4.54. The zero-order valence-electron chi connectivity index (χ0n) is 18.8. The lowest BCUT2D eigenvalue weighted by Crippen LogP contribution is -2.32. The van der Waals surface area contributed by atoms with Crippen LogP contribution in [0.3, 0.4) is 0 Å². The van der Waals surface area contributed by atoms with E-state index in [0.29, 0.717) is 0 Å². The molecule has 2 atom stereocenters. The van der Waals surface area contributed by atoms with Crippen molar-refractivity contribution in [3.8, 4) is 0 Å². The van der Waals surface area contributed by atoms with Gasteiger partial charge < -0.3 is 14.2 Å². The summed E-state index contributed by atoms with van der Waals surface area (Å²) in [5, 5.41) is 9.20. The average molecular weight is 476 g/mol. The van der Waals surface area contributed by atoms with E-state index in [4.69, 9.17) is 13.9 Å². The van der Waals surface area contributed by atoms with Crippen LogP contribution in [0.2, 0.25) is 0 Å². The predicted octanol–water partition coefficient (Wildman–Crippen LogP) is 5.75. The van der Waals surface area contributed by atoms with Crippen molar-refractivity contribution in [2.24, 2.45) is 11.0 Å².